The van der Waals surface area contributed by atoms with Gasteiger partial charge in [0, 0.05) is 6.54 Å². The zero-order chi connectivity index (χ0) is 17.2. The Kier molecular flexibility index (Phi) is 10.2. The van der Waals surface area contributed by atoms with Crippen molar-refractivity contribution in [3.8, 4) is 0 Å². The first kappa shape index (κ1) is 20.7. The van der Waals surface area contributed by atoms with Gasteiger partial charge in [-0.05, 0) is 13.0 Å². The summed E-state index contributed by atoms with van der Waals surface area (Å²) < 4.78 is 10.4. The highest BCUT2D eigenvalue weighted by Crippen LogP contribution is 2.21. The highest BCUT2D eigenvalue weighted by Gasteiger charge is 2.44. The van der Waals surface area contributed by atoms with E-state index >= 15 is 0 Å². The molecule has 0 amide bonds. The number of aliphatic hydroxyl groups excluding tert-OH is 5. The molecule has 8 nitrogen and oxygen atoms in total. The first-order chi connectivity index (χ1) is 11.0. The van der Waals surface area contributed by atoms with Crippen molar-refractivity contribution in [1.82, 2.24) is 5.32 Å². The second kappa shape index (κ2) is 11.3. The predicted molar refractivity (Wildman–Crippen MR) is 82.7 cm³/mol. The standard InChI is InChI=1S/C15H31NO7/c1-2-3-4-5-6-16-7-10(18)9-22-15-14(21)13(20)12(19)11(8-17)23-15/h10-21H,2-9H2,1H3/t10?,11-,12+,13+,14-,15-/m1/s1. The Morgan fingerprint density at radius 1 is 1.09 bits per heavy atom. The van der Waals surface area contributed by atoms with Gasteiger partial charge in [0.25, 0.3) is 0 Å². The molecule has 1 heterocycles. The Hall–Kier alpha value is -0.320. The molecule has 1 fully saturated rings. The molecule has 0 radical (unpaired) electrons. The second-order valence-electron chi connectivity index (χ2n) is 5.95. The normalized spacial score (nSPS) is 32.9. The molecule has 8 heteroatoms. The monoisotopic (exact) mass is 337 g/mol. The molecule has 23 heavy (non-hydrogen) atoms. The van der Waals surface area contributed by atoms with Gasteiger partial charge in [0.05, 0.1) is 19.3 Å². The van der Waals surface area contributed by atoms with E-state index in [0.717, 1.165) is 19.4 Å². The van der Waals surface area contributed by atoms with Gasteiger partial charge in [-0.25, -0.2) is 0 Å². The summed E-state index contributed by atoms with van der Waals surface area (Å²) in [6.45, 7) is 2.71. The number of hydrogen-bond donors (Lipinski definition) is 6. The van der Waals surface area contributed by atoms with E-state index in [4.69, 9.17) is 14.6 Å². The molecule has 0 spiro atoms. The first-order valence-electron chi connectivity index (χ1n) is 8.32. The van der Waals surface area contributed by atoms with Crippen LogP contribution in [0.5, 0.6) is 0 Å². The molecule has 0 bridgehead atoms. The first-order valence-corrected chi connectivity index (χ1v) is 8.32. The SMILES string of the molecule is CCCCCCNCC(O)CO[C@@H]1O[C@H](CO)[C@H](O)[C@H](O)[C@H]1O. The van der Waals surface area contributed by atoms with Crippen molar-refractivity contribution < 1.29 is 35.0 Å². The maximum Gasteiger partial charge on any atom is 0.186 e. The van der Waals surface area contributed by atoms with E-state index in [1.165, 1.54) is 12.8 Å². The van der Waals surface area contributed by atoms with Gasteiger partial charge in [-0.15, -0.1) is 0 Å². The van der Waals surface area contributed by atoms with Crippen LogP contribution in [0, 0.1) is 0 Å². The van der Waals surface area contributed by atoms with Gasteiger partial charge in [0.15, 0.2) is 6.29 Å². The summed E-state index contributed by atoms with van der Waals surface area (Å²) in [5.74, 6) is 0. The van der Waals surface area contributed by atoms with Gasteiger partial charge >= 0.3 is 0 Å². The van der Waals surface area contributed by atoms with E-state index in [0.29, 0.717) is 6.54 Å². The molecule has 1 aliphatic heterocycles. The summed E-state index contributed by atoms with van der Waals surface area (Å²) in [5, 5.41) is 51.1. The Bertz CT molecular complexity index is 306. The third kappa shape index (κ3) is 6.98. The molecule has 0 aromatic rings. The lowest BCUT2D eigenvalue weighted by atomic mass is 9.99. The van der Waals surface area contributed by atoms with Crippen molar-refractivity contribution in [1.29, 1.82) is 0 Å². The maximum atomic E-state index is 9.82. The van der Waals surface area contributed by atoms with E-state index in [9.17, 15) is 20.4 Å². The molecule has 6 atom stereocenters. The molecule has 6 N–H and O–H groups in total. The molecule has 0 saturated carbocycles. The van der Waals surface area contributed by atoms with Crippen molar-refractivity contribution in [2.45, 2.75) is 69.4 Å². The minimum Gasteiger partial charge on any atom is -0.394 e. The fourth-order valence-electron chi connectivity index (χ4n) is 2.42. The molecular weight excluding hydrogens is 306 g/mol. The molecule has 1 saturated heterocycles. The Morgan fingerprint density at radius 3 is 2.48 bits per heavy atom. The fraction of sp³-hybridized carbons (Fsp3) is 1.00. The minimum absolute atomic E-state index is 0.0926. The Balaban J connectivity index is 2.22. The molecule has 0 aliphatic carbocycles. The number of rotatable bonds is 11. The average Bonchev–Trinajstić information content (AvgIpc) is 2.55. The molecular formula is C15H31NO7. The zero-order valence-corrected chi connectivity index (χ0v) is 13.7. The van der Waals surface area contributed by atoms with Gasteiger partial charge in [-0.2, -0.15) is 0 Å². The van der Waals surface area contributed by atoms with Crippen molar-refractivity contribution in [2.75, 3.05) is 26.3 Å². The second-order valence-corrected chi connectivity index (χ2v) is 5.95. The average molecular weight is 337 g/mol. The van der Waals surface area contributed by atoms with Crippen LogP contribution in [0.1, 0.15) is 32.6 Å². The van der Waals surface area contributed by atoms with Gasteiger partial charge in [-0.1, -0.05) is 26.2 Å². The number of hydrogen-bond acceptors (Lipinski definition) is 8. The Morgan fingerprint density at radius 2 is 1.83 bits per heavy atom. The number of ether oxygens (including phenoxy) is 2. The topological polar surface area (TPSA) is 132 Å². The van der Waals surface area contributed by atoms with Crippen molar-refractivity contribution in [2.24, 2.45) is 0 Å². The molecule has 138 valence electrons. The van der Waals surface area contributed by atoms with Crippen LogP contribution in [0.4, 0.5) is 0 Å². The van der Waals surface area contributed by atoms with Crippen LogP contribution in [-0.2, 0) is 9.47 Å². The molecule has 1 rings (SSSR count). The van der Waals surface area contributed by atoms with Crippen LogP contribution < -0.4 is 5.32 Å². The van der Waals surface area contributed by atoms with Crippen molar-refractivity contribution in [3.05, 3.63) is 0 Å². The summed E-state index contributed by atoms with van der Waals surface area (Å²) in [7, 11) is 0. The summed E-state index contributed by atoms with van der Waals surface area (Å²) in [4.78, 5) is 0. The van der Waals surface area contributed by atoms with E-state index < -0.39 is 43.4 Å². The van der Waals surface area contributed by atoms with Crippen LogP contribution >= 0.6 is 0 Å². The van der Waals surface area contributed by atoms with Crippen molar-refractivity contribution >= 4 is 0 Å². The lowest BCUT2D eigenvalue weighted by Crippen LogP contribution is -2.59. The number of unbranched alkanes of at least 4 members (excludes halogenated alkanes) is 3. The van der Waals surface area contributed by atoms with Crippen molar-refractivity contribution in [3.63, 3.8) is 0 Å². The highest BCUT2D eigenvalue weighted by molar-refractivity contribution is 4.88. The smallest absolute Gasteiger partial charge is 0.186 e. The Labute approximate surface area is 137 Å². The quantitative estimate of drug-likeness (QED) is 0.247. The number of aliphatic hydroxyl groups is 5. The third-order valence-corrected chi connectivity index (χ3v) is 3.89. The van der Waals surface area contributed by atoms with E-state index in [2.05, 4.69) is 12.2 Å². The molecule has 1 unspecified atom stereocenters. The van der Waals surface area contributed by atoms with Crippen LogP contribution in [-0.4, -0.2) is 88.6 Å². The van der Waals surface area contributed by atoms with Gasteiger partial charge in [0.2, 0.25) is 0 Å². The largest absolute Gasteiger partial charge is 0.394 e. The summed E-state index contributed by atoms with van der Waals surface area (Å²) in [6.07, 6.45) is -2.74. The maximum absolute atomic E-state index is 9.82. The predicted octanol–water partition coefficient (Wildman–Crippen LogP) is -1.67. The zero-order valence-electron chi connectivity index (χ0n) is 13.7. The highest BCUT2D eigenvalue weighted by atomic mass is 16.7. The third-order valence-electron chi connectivity index (χ3n) is 3.89. The van der Waals surface area contributed by atoms with Crippen LogP contribution in [0.3, 0.4) is 0 Å². The lowest BCUT2D eigenvalue weighted by Gasteiger charge is -2.39. The molecule has 0 aromatic heterocycles. The van der Waals surface area contributed by atoms with Gasteiger partial charge in [-0.3, -0.25) is 0 Å². The summed E-state index contributed by atoms with van der Waals surface area (Å²) >= 11 is 0. The summed E-state index contributed by atoms with van der Waals surface area (Å²) in [6, 6.07) is 0. The number of nitrogens with one attached hydrogen (secondary N) is 1. The van der Waals surface area contributed by atoms with Crippen LogP contribution in [0.15, 0.2) is 0 Å². The van der Waals surface area contributed by atoms with E-state index in [1.54, 1.807) is 0 Å². The molecule has 1 aliphatic rings. The van der Waals surface area contributed by atoms with E-state index in [-0.39, 0.29) is 6.61 Å². The van der Waals surface area contributed by atoms with Crippen LogP contribution in [0.25, 0.3) is 0 Å². The fourth-order valence-corrected chi connectivity index (χ4v) is 2.42. The van der Waals surface area contributed by atoms with Gasteiger partial charge < -0.3 is 40.3 Å². The lowest BCUT2D eigenvalue weighted by molar-refractivity contribution is -0.304. The molecule has 0 aromatic carbocycles. The van der Waals surface area contributed by atoms with Crippen LogP contribution in [0.2, 0.25) is 0 Å². The van der Waals surface area contributed by atoms with E-state index in [1.807, 2.05) is 0 Å². The minimum atomic E-state index is -1.47. The van der Waals surface area contributed by atoms with Gasteiger partial charge in [0.1, 0.15) is 24.4 Å². The summed E-state index contributed by atoms with van der Waals surface area (Å²) in [5.41, 5.74) is 0.